The number of carbonyl (C=O) groups excluding carboxylic acids is 2. The van der Waals surface area contributed by atoms with Crippen LogP contribution in [0.25, 0.3) is 0 Å². The molecular weight excluding hydrogens is 290 g/mol. The van der Waals surface area contributed by atoms with Crippen molar-refractivity contribution in [1.82, 2.24) is 0 Å². The van der Waals surface area contributed by atoms with Crippen LogP contribution >= 0.6 is 0 Å². The zero-order chi connectivity index (χ0) is 16.7. The van der Waals surface area contributed by atoms with Crippen LogP contribution in [0.4, 0.5) is 17.1 Å². The van der Waals surface area contributed by atoms with E-state index in [2.05, 4.69) is 16.0 Å². The van der Waals surface area contributed by atoms with Crippen LogP contribution < -0.4 is 16.0 Å². The summed E-state index contributed by atoms with van der Waals surface area (Å²) in [5.41, 5.74) is 3.13. The third-order valence-corrected chi connectivity index (χ3v) is 3.43. The molecule has 5 nitrogen and oxygen atoms in total. The van der Waals surface area contributed by atoms with Crippen molar-refractivity contribution in [3.8, 4) is 0 Å². The van der Waals surface area contributed by atoms with E-state index in [0.717, 1.165) is 11.3 Å². The molecule has 0 bridgehead atoms. The van der Waals surface area contributed by atoms with E-state index in [9.17, 15) is 9.59 Å². The third kappa shape index (κ3) is 4.85. The van der Waals surface area contributed by atoms with Crippen LogP contribution in [0.3, 0.4) is 0 Å². The Bertz CT molecular complexity index is 684. The first kappa shape index (κ1) is 16.5. The van der Waals surface area contributed by atoms with E-state index < -0.39 is 0 Å². The fourth-order valence-electron chi connectivity index (χ4n) is 2.08. The first-order chi connectivity index (χ1) is 11.1. The van der Waals surface area contributed by atoms with Gasteiger partial charge in [0.15, 0.2) is 0 Å². The lowest BCUT2D eigenvalue weighted by Crippen LogP contribution is -2.22. The van der Waals surface area contributed by atoms with Crippen LogP contribution in [0.15, 0.2) is 48.5 Å². The van der Waals surface area contributed by atoms with Crippen molar-refractivity contribution in [2.45, 2.75) is 20.3 Å². The second-order valence-corrected chi connectivity index (χ2v) is 5.15. The molecule has 0 unspecified atom stereocenters. The zero-order valence-corrected chi connectivity index (χ0v) is 13.3. The standard InChI is InChI=1S/C18H21N3O2/c1-3-17(22)20-15-10-7-11-16(13(15)2)21-18(23)12-19-14-8-5-4-6-9-14/h4-11,19H,3,12H2,1-2H3,(H,20,22)(H,21,23). The molecule has 0 heterocycles. The van der Waals surface area contributed by atoms with E-state index in [1.54, 1.807) is 13.0 Å². The van der Waals surface area contributed by atoms with Crippen LogP contribution in [0.5, 0.6) is 0 Å². The van der Waals surface area contributed by atoms with E-state index in [1.807, 2.05) is 49.4 Å². The molecule has 23 heavy (non-hydrogen) atoms. The average molecular weight is 311 g/mol. The van der Waals surface area contributed by atoms with Gasteiger partial charge in [0.1, 0.15) is 0 Å². The molecule has 0 atom stereocenters. The molecule has 0 fully saturated rings. The average Bonchev–Trinajstić information content (AvgIpc) is 2.57. The van der Waals surface area contributed by atoms with Crippen molar-refractivity contribution in [3.05, 3.63) is 54.1 Å². The molecule has 0 saturated carbocycles. The summed E-state index contributed by atoms with van der Waals surface area (Å²) in [7, 11) is 0. The van der Waals surface area contributed by atoms with Gasteiger partial charge in [-0.1, -0.05) is 31.2 Å². The second kappa shape index (κ2) is 7.98. The minimum Gasteiger partial charge on any atom is -0.376 e. The molecule has 2 rings (SSSR count). The molecule has 0 saturated heterocycles. The first-order valence-electron chi connectivity index (χ1n) is 7.58. The second-order valence-electron chi connectivity index (χ2n) is 5.15. The van der Waals surface area contributed by atoms with Crippen molar-refractivity contribution in [2.24, 2.45) is 0 Å². The molecule has 0 radical (unpaired) electrons. The summed E-state index contributed by atoms with van der Waals surface area (Å²) in [6, 6.07) is 15.0. The number of anilines is 3. The Kier molecular flexibility index (Phi) is 5.74. The molecule has 0 aromatic heterocycles. The van der Waals surface area contributed by atoms with Gasteiger partial charge in [0.25, 0.3) is 0 Å². The smallest absolute Gasteiger partial charge is 0.243 e. The van der Waals surface area contributed by atoms with Gasteiger partial charge in [-0.15, -0.1) is 0 Å². The maximum absolute atomic E-state index is 12.1. The normalized spacial score (nSPS) is 10.0. The van der Waals surface area contributed by atoms with Gasteiger partial charge in [0.05, 0.1) is 6.54 Å². The Balaban J connectivity index is 1.98. The predicted octanol–water partition coefficient (Wildman–Crippen LogP) is 3.39. The fraction of sp³-hybridized carbons (Fsp3) is 0.222. The highest BCUT2D eigenvalue weighted by atomic mass is 16.2. The largest absolute Gasteiger partial charge is 0.376 e. The molecule has 2 amide bonds. The number of rotatable bonds is 6. The Morgan fingerprint density at radius 3 is 2.09 bits per heavy atom. The predicted molar refractivity (Wildman–Crippen MR) is 93.7 cm³/mol. The lowest BCUT2D eigenvalue weighted by atomic mass is 10.1. The Hall–Kier alpha value is -2.82. The monoisotopic (exact) mass is 311 g/mol. The van der Waals surface area contributed by atoms with E-state index in [1.165, 1.54) is 0 Å². The quantitative estimate of drug-likeness (QED) is 0.766. The van der Waals surface area contributed by atoms with E-state index in [4.69, 9.17) is 0 Å². The molecule has 2 aromatic carbocycles. The summed E-state index contributed by atoms with van der Waals surface area (Å²) in [6.45, 7) is 3.84. The highest BCUT2D eigenvalue weighted by Crippen LogP contribution is 2.23. The molecule has 0 aliphatic heterocycles. The molecule has 0 aliphatic rings. The number of hydrogen-bond acceptors (Lipinski definition) is 3. The van der Waals surface area contributed by atoms with Gasteiger partial charge < -0.3 is 16.0 Å². The lowest BCUT2D eigenvalue weighted by Gasteiger charge is -2.13. The summed E-state index contributed by atoms with van der Waals surface area (Å²) in [4.78, 5) is 23.6. The van der Waals surface area contributed by atoms with Gasteiger partial charge in [0.2, 0.25) is 11.8 Å². The Morgan fingerprint density at radius 2 is 1.48 bits per heavy atom. The van der Waals surface area contributed by atoms with Crippen LogP contribution in [-0.4, -0.2) is 18.4 Å². The van der Waals surface area contributed by atoms with E-state index in [-0.39, 0.29) is 18.4 Å². The van der Waals surface area contributed by atoms with Gasteiger partial charge in [-0.2, -0.15) is 0 Å². The van der Waals surface area contributed by atoms with Gasteiger partial charge in [-0.05, 0) is 36.8 Å². The highest BCUT2D eigenvalue weighted by molar-refractivity contribution is 5.97. The number of amides is 2. The number of hydrogen-bond donors (Lipinski definition) is 3. The maximum Gasteiger partial charge on any atom is 0.243 e. The Labute approximate surface area is 136 Å². The van der Waals surface area contributed by atoms with Gasteiger partial charge >= 0.3 is 0 Å². The van der Waals surface area contributed by atoms with Crippen LogP contribution in [-0.2, 0) is 9.59 Å². The molecule has 0 spiro atoms. The first-order valence-corrected chi connectivity index (χ1v) is 7.58. The summed E-state index contributed by atoms with van der Waals surface area (Å²) in [6.07, 6.45) is 0.414. The minimum atomic E-state index is -0.143. The fourth-order valence-corrected chi connectivity index (χ4v) is 2.08. The van der Waals surface area contributed by atoms with E-state index >= 15 is 0 Å². The van der Waals surface area contributed by atoms with Gasteiger partial charge in [0, 0.05) is 23.5 Å². The SMILES string of the molecule is CCC(=O)Nc1cccc(NC(=O)CNc2ccccc2)c1C. The number of nitrogens with one attached hydrogen (secondary N) is 3. The molecule has 0 aliphatic carbocycles. The van der Waals surface area contributed by atoms with Crippen molar-refractivity contribution < 1.29 is 9.59 Å². The number of carbonyl (C=O) groups is 2. The lowest BCUT2D eigenvalue weighted by molar-refractivity contribution is -0.116. The Morgan fingerprint density at radius 1 is 0.870 bits per heavy atom. The molecule has 2 aromatic rings. The summed E-state index contributed by atoms with van der Waals surface area (Å²) >= 11 is 0. The van der Waals surface area contributed by atoms with Crippen LogP contribution in [0, 0.1) is 6.92 Å². The molecule has 120 valence electrons. The number of para-hydroxylation sites is 1. The molecular formula is C18H21N3O2. The van der Waals surface area contributed by atoms with Crippen LogP contribution in [0.1, 0.15) is 18.9 Å². The summed E-state index contributed by atoms with van der Waals surface area (Å²) < 4.78 is 0. The third-order valence-electron chi connectivity index (χ3n) is 3.43. The van der Waals surface area contributed by atoms with E-state index in [0.29, 0.717) is 17.8 Å². The zero-order valence-electron chi connectivity index (χ0n) is 13.3. The summed E-state index contributed by atoms with van der Waals surface area (Å²) in [5.74, 6) is -0.196. The molecule has 3 N–H and O–H groups in total. The van der Waals surface area contributed by atoms with Crippen molar-refractivity contribution in [2.75, 3.05) is 22.5 Å². The van der Waals surface area contributed by atoms with Crippen molar-refractivity contribution in [3.63, 3.8) is 0 Å². The molecule has 5 heteroatoms. The highest BCUT2D eigenvalue weighted by Gasteiger charge is 2.09. The van der Waals surface area contributed by atoms with Gasteiger partial charge in [-0.25, -0.2) is 0 Å². The summed E-state index contributed by atoms with van der Waals surface area (Å²) in [5, 5.41) is 8.74. The van der Waals surface area contributed by atoms with Crippen LogP contribution in [0.2, 0.25) is 0 Å². The topological polar surface area (TPSA) is 70.2 Å². The minimum absolute atomic E-state index is 0.0534. The van der Waals surface area contributed by atoms with Crippen molar-refractivity contribution in [1.29, 1.82) is 0 Å². The van der Waals surface area contributed by atoms with Gasteiger partial charge in [-0.3, -0.25) is 9.59 Å². The number of benzene rings is 2. The van der Waals surface area contributed by atoms with Crippen molar-refractivity contribution >= 4 is 28.9 Å². The maximum atomic E-state index is 12.1.